The van der Waals surface area contributed by atoms with E-state index in [1.165, 1.54) is 25.1 Å². The zero-order chi connectivity index (χ0) is 15.4. The van der Waals surface area contributed by atoms with E-state index >= 15 is 0 Å². The standard InChI is InChI=1S/C15H20FN3O2/c1-9-7-12(5-6-17-9)19-15(21)13-8-11(18-10(2)20)3-4-14(13)16/h3-4,8-9,12,17H,5-7H2,1-2H3,(H,18,20)(H,19,21). The minimum atomic E-state index is -0.594. The van der Waals surface area contributed by atoms with E-state index in [1.807, 2.05) is 0 Å². The number of halogens is 1. The largest absolute Gasteiger partial charge is 0.349 e. The Morgan fingerprint density at radius 3 is 2.81 bits per heavy atom. The number of benzene rings is 1. The molecule has 2 amide bonds. The molecular formula is C15H20FN3O2. The fourth-order valence-electron chi connectivity index (χ4n) is 2.51. The van der Waals surface area contributed by atoms with Crippen LogP contribution in [-0.4, -0.2) is 30.4 Å². The molecule has 2 atom stereocenters. The van der Waals surface area contributed by atoms with Gasteiger partial charge in [0.05, 0.1) is 5.56 Å². The maximum atomic E-state index is 13.8. The average molecular weight is 293 g/mol. The van der Waals surface area contributed by atoms with Crippen LogP contribution in [-0.2, 0) is 4.79 Å². The molecule has 21 heavy (non-hydrogen) atoms. The van der Waals surface area contributed by atoms with Gasteiger partial charge in [0.1, 0.15) is 5.82 Å². The lowest BCUT2D eigenvalue weighted by Gasteiger charge is -2.28. The molecule has 1 heterocycles. The van der Waals surface area contributed by atoms with Crippen LogP contribution in [0.3, 0.4) is 0 Å². The van der Waals surface area contributed by atoms with Crippen LogP contribution in [0.4, 0.5) is 10.1 Å². The van der Waals surface area contributed by atoms with E-state index < -0.39 is 11.7 Å². The Labute approximate surface area is 123 Å². The molecule has 1 fully saturated rings. The summed E-state index contributed by atoms with van der Waals surface area (Å²) < 4.78 is 13.8. The van der Waals surface area contributed by atoms with Gasteiger partial charge in [0.2, 0.25) is 5.91 Å². The molecule has 2 rings (SSSR count). The quantitative estimate of drug-likeness (QED) is 0.793. The van der Waals surface area contributed by atoms with Gasteiger partial charge in [0.15, 0.2) is 0 Å². The molecule has 1 aliphatic rings. The summed E-state index contributed by atoms with van der Waals surface area (Å²) in [5, 5.41) is 8.69. The van der Waals surface area contributed by atoms with Crippen molar-refractivity contribution in [1.29, 1.82) is 0 Å². The first kappa shape index (κ1) is 15.4. The number of rotatable bonds is 3. The number of carbonyl (C=O) groups is 2. The number of anilines is 1. The molecule has 3 N–H and O–H groups in total. The van der Waals surface area contributed by atoms with Gasteiger partial charge in [-0.1, -0.05) is 0 Å². The maximum absolute atomic E-state index is 13.8. The second-order valence-corrected chi connectivity index (χ2v) is 5.43. The summed E-state index contributed by atoms with van der Waals surface area (Å²) in [7, 11) is 0. The van der Waals surface area contributed by atoms with Crippen LogP contribution in [0.15, 0.2) is 18.2 Å². The number of carbonyl (C=O) groups excluding carboxylic acids is 2. The molecular weight excluding hydrogens is 273 g/mol. The van der Waals surface area contributed by atoms with Gasteiger partial charge in [-0.2, -0.15) is 0 Å². The summed E-state index contributed by atoms with van der Waals surface area (Å²) in [6, 6.07) is 4.35. The van der Waals surface area contributed by atoms with Crippen molar-refractivity contribution >= 4 is 17.5 Å². The Hall–Kier alpha value is -1.95. The minimum absolute atomic E-state index is 0.0394. The Bertz CT molecular complexity index is 548. The summed E-state index contributed by atoms with van der Waals surface area (Å²) in [4.78, 5) is 23.2. The van der Waals surface area contributed by atoms with Gasteiger partial charge in [-0.25, -0.2) is 4.39 Å². The van der Waals surface area contributed by atoms with Crippen molar-refractivity contribution in [3.8, 4) is 0 Å². The lowest BCUT2D eigenvalue weighted by Crippen LogP contribution is -2.46. The second kappa shape index (κ2) is 6.67. The van der Waals surface area contributed by atoms with E-state index in [4.69, 9.17) is 0 Å². The van der Waals surface area contributed by atoms with Gasteiger partial charge in [-0.15, -0.1) is 0 Å². The Kier molecular flexibility index (Phi) is 4.90. The molecule has 0 radical (unpaired) electrons. The number of amides is 2. The van der Waals surface area contributed by atoms with Gasteiger partial charge >= 0.3 is 0 Å². The predicted octanol–water partition coefficient (Wildman–Crippen LogP) is 1.65. The van der Waals surface area contributed by atoms with E-state index in [9.17, 15) is 14.0 Å². The zero-order valence-corrected chi connectivity index (χ0v) is 12.2. The van der Waals surface area contributed by atoms with Crippen LogP contribution in [0.2, 0.25) is 0 Å². The highest BCUT2D eigenvalue weighted by molar-refractivity contribution is 5.97. The molecule has 5 nitrogen and oxygen atoms in total. The molecule has 1 saturated heterocycles. The normalized spacial score (nSPS) is 21.7. The summed E-state index contributed by atoms with van der Waals surface area (Å²) in [6.45, 7) is 4.25. The van der Waals surface area contributed by atoms with Crippen molar-refractivity contribution in [2.24, 2.45) is 0 Å². The molecule has 1 aromatic rings. The molecule has 1 aliphatic heterocycles. The molecule has 114 valence electrons. The zero-order valence-electron chi connectivity index (χ0n) is 12.2. The van der Waals surface area contributed by atoms with Crippen LogP contribution in [0.5, 0.6) is 0 Å². The summed E-state index contributed by atoms with van der Waals surface area (Å²) >= 11 is 0. The van der Waals surface area contributed by atoms with Crippen LogP contribution >= 0.6 is 0 Å². The maximum Gasteiger partial charge on any atom is 0.254 e. The van der Waals surface area contributed by atoms with Gasteiger partial charge in [-0.05, 0) is 44.5 Å². The van der Waals surface area contributed by atoms with E-state index in [-0.39, 0.29) is 17.5 Å². The van der Waals surface area contributed by atoms with Crippen LogP contribution in [0.1, 0.15) is 37.0 Å². The van der Waals surface area contributed by atoms with Crippen molar-refractivity contribution in [3.05, 3.63) is 29.6 Å². The smallest absolute Gasteiger partial charge is 0.254 e. The molecule has 0 bridgehead atoms. The lowest BCUT2D eigenvalue weighted by atomic mass is 10.00. The van der Waals surface area contributed by atoms with Crippen LogP contribution in [0.25, 0.3) is 0 Å². The van der Waals surface area contributed by atoms with E-state index in [2.05, 4.69) is 22.9 Å². The SMILES string of the molecule is CC(=O)Nc1ccc(F)c(C(=O)NC2CCNC(C)C2)c1. The summed E-state index contributed by atoms with van der Waals surface area (Å²) in [5.41, 5.74) is 0.361. The van der Waals surface area contributed by atoms with Gasteiger partial charge in [-0.3, -0.25) is 9.59 Å². The van der Waals surface area contributed by atoms with E-state index in [1.54, 1.807) is 0 Å². The molecule has 6 heteroatoms. The first-order valence-corrected chi connectivity index (χ1v) is 7.07. The third-order valence-electron chi connectivity index (χ3n) is 3.49. The van der Waals surface area contributed by atoms with Crippen LogP contribution in [0, 0.1) is 5.82 Å². The fourth-order valence-corrected chi connectivity index (χ4v) is 2.51. The molecule has 0 spiro atoms. The van der Waals surface area contributed by atoms with Crippen molar-refractivity contribution in [1.82, 2.24) is 10.6 Å². The summed E-state index contributed by atoms with van der Waals surface area (Å²) in [5.74, 6) is -1.30. The second-order valence-electron chi connectivity index (χ2n) is 5.43. The monoisotopic (exact) mass is 293 g/mol. The highest BCUT2D eigenvalue weighted by atomic mass is 19.1. The first-order valence-electron chi connectivity index (χ1n) is 7.07. The van der Waals surface area contributed by atoms with Crippen molar-refractivity contribution < 1.29 is 14.0 Å². The topological polar surface area (TPSA) is 70.2 Å². The van der Waals surface area contributed by atoms with Crippen molar-refractivity contribution in [2.75, 3.05) is 11.9 Å². The van der Waals surface area contributed by atoms with Crippen molar-refractivity contribution in [2.45, 2.75) is 38.8 Å². The minimum Gasteiger partial charge on any atom is -0.349 e. The van der Waals surface area contributed by atoms with E-state index in [0.29, 0.717) is 11.7 Å². The number of piperidine rings is 1. The molecule has 0 aromatic heterocycles. The Balaban J connectivity index is 2.08. The molecule has 0 saturated carbocycles. The van der Waals surface area contributed by atoms with Gasteiger partial charge in [0.25, 0.3) is 5.91 Å². The molecule has 1 aromatic carbocycles. The number of hydrogen-bond donors (Lipinski definition) is 3. The van der Waals surface area contributed by atoms with E-state index in [0.717, 1.165) is 19.4 Å². The highest BCUT2D eigenvalue weighted by Crippen LogP contribution is 2.16. The third kappa shape index (κ3) is 4.26. The number of nitrogens with one attached hydrogen (secondary N) is 3. The highest BCUT2D eigenvalue weighted by Gasteiger charge is 2.22. The Morgan fingerprint density at radius 1 is 1.38 bits per heavy atom. The van der Waals surface area contributed by atoms with Gasteiger partial charge in [0, 0.05) is 24.7 Å². The first-order chi connectivity index (χ1) is 9.95. The third-order valence-corrected chi connectivity index (χ3v) is 3.49. The summed E-state index contributed by atoms with van der Waals surface area (Å²) in [6.07, 6.45) is 1.64. The average Bonchev–Trinajstić information content (AvgIpc) is 2.40. The fraction of sp³-hybridized carbons (Fsp3) is 0.467. The Morgan fingerprint density at radius 2 is 2.14 bits per heavy atom. The molecule has 0 aliphatic carbocycles. The lowest BCUT2D eigenvalue weighted by molar-refractivity contribution is -0.114. The molecule has 2 unspecified atom stereocenters. The van der Waals surface area contributed by atoms with Crippen molar-refractivity contribution in [3.63, 3.8) is 0 Å². The van der Waals surface area contributed by atoms with Gasteiger partial charge < -0.3 is 16.0 Å². The number of hydrogen-bond acceptors (Lipinski definition) is 3. The van der Waals surface area contributed by atoms with Crippen LogP contribution < -0.4 is 16.0 Å². The predicted molar refractivity (Wildman–Crippen MR) is 78.7 cm³/mol.